The van der Waals surface area contributed by atoms with Crippen LogP contribution in [-0.4, -0.2) is 77.7 Å². The van der Waals surface area contributed by atoms with Gasteiger partial charge >= 0.3 is 0 Å². The number of fused-ring (bicyclic) bond motifs is 1. The Bertz CT molecular complexity index is 1720. The minimum atomic E-state index is -0.955. The fourth-order valence-corrected chi connectivity index (χ4v) is 6.55. The summed E-state index contributed by atoms with van der Waals surface area (Å²) in [6.45, 7) is 4.46. The molecule has 2 amide bonds. The summed E-state index contributed by atoms with van der Waals surface area (Å²) in [5.74, 6) is 0.324. The van der Waals surface area contributed by atoms with E-state index in [1.165, 1.54) is 4.90 Å². The maximum atomic E-state index is 14.1. The van der Waals surface area contributed by atoms with Crippen molar-refractivity contribution >= 4 is 34.2 Å². The number of nitrogens with zero attached hydrogens (tertiary/aromatic N) is 4. The number of piperazine rings is 1. The lowest BCUT2D eigenvalue weighted by atomic mass is 9.81. The van der Waals surface area contributed by atoms with Gasteiger partial charge < -0.3 is 21.3 Å². The van der Waals surface area contributed by atoms with E-state index in [0.29, 0.717) is 41.9 Å². The third-order valence-electron chi connectivity index (χ3n) is 9.39. The summed E-state index contributed by atoms with van der Waals surface area (Å²) in [5, 5.41) is 5.84. The van der Waals surface area contributed by atoms with Crippen molar-refractivity contribution in [2.45, 2.75) is 38.1 Å². The largest absolute Gasteiger partial charge is 0.354 e. The number of H-pyrrole nitrogens is 2. The number of hydrogen-bond acceptors (Lipinski definition) is 8. The Hall–Kier alpha value is -4.32. The number of amides is 2. The van der Waals surface area contributed by atoms with Crippen molar-refractivity contribution in [3.63, 3.8) is 0 Å². The number of nitrogens with one attached hydrogen (secondary N) is 2. The van der Waals surface area contributed by atoms with Crippen molar-refractivity contribution in [3.8, 4) is 11.1 Å². The van der Waals surface area contributed by atoms with E-state index in [1.807, 2.05) is 36.5 Å². The number of benzene rings is 2. The van der Waals surface area contributed by atoms with Crippen LogP contribution in [0, 0.1) is 11.8 Å². The highest BCUT2D eigenvalue weighted by molar-refractivity contribution is 6.17. The van der Waals surface area contributed by atoms with Gasteiger partial charge in [-0.15, -0.1) is 0 Å². The number of imide groups is 1. The molecule has 1 saturated carbocycles. The smallest absolute Gasteiger partial charge is 0.271 e. The minimum absolute atomic E-state index is 0.259. The van der Waals surface area contributed by atoms with Gasteiger partial charge in [0.2, 0.25) is 5.91 Å². The average molecular weight is 611 g/mol. The molecule has 2 aromatic carbocycles. The molecule has 1 saturated heterocycles. The Labute approximate surface area is 262 Å². The Kier molecular flexibility index (Phi) is 9.11. The van der Waals surface area contributed by atoms with Crippen molar-refractivity contribution < 1.29 is 9.59 Å². The summed E-state index contributed by atoms with van der Waals surface area (Å²) in [7, 11) is 2.13. The normalized spacial score (nSPS) is 19.8. The van der Waals surface area contributed by atoms with Crippen LogP contribution in [0.25, 0.3) is 22.0 Å². The van der Waals surface area contributed by atoms with E-state index in [-0.39, 0.29) is 23.8 Å². The summed E-state index contributed by atoms with van der Waals surface area (Å²) >= 11 is 0. The highest BCUT2D eigenvalue weighted by atomic mass is 16.2. The van der Waals surface area contributed by atoms with Gasteiger partial charge in [0.25, 0.3) is 11.5 Å². The molecule has 6 N–H and O–H groups in total. The first-order valence-corrected chi connectivity index (χ1v) is 15.8. The molecule has 0 spiro atoms. The Balaban J connectivity index is 1.23. The first-order chi connectivity index (χ1) is 21.8. The van der Waals surface area contributed by atoms with Crippen LogP contribution >= 0.6 is 0 Å². The van der Waals surface area contributed by atoms with E-state index in [0.717, 1.165) is 61.5 Å². The maximum Gasteiger partial charge on any atom is 0.271 e. The van der Waals surface area contributed by atoms with Crippen molar-refractivity contribution in [2.75, 3.05) is 49.6 Å². The quantitative estimate of drug-likeness (QED) is 0.237. The molecule has 0 bridgehead atoms. The van der Waals surface area contributed by atoms with Crippen LogP contribution in [0.5, 0.6) is 0 Å². The van der Waals surface area contributed by atoms with Crippen LogP contribution in [0.2, 0.25) is 0 Å². The lowest BCUT2D eigenvalue weighted by molar-refractivity contribution is -0.130. The molecule has 2 aliphatic rings. The van der Waals surface area contributed by atoms with Gasteiger partial charge in [0, 0.05) is 38.3 Å². The first-order valence-electron chi connectivity index (χ1n) is 15.8. The van der Waals surface area contributed by atoms with Crippen LogP contribution in [-0.2, 0) is 16.0 Å². The van der Waals surface area contributed by atoms with E-state index in [2.05, 4.69) is 38.1 Å². The molecule has 4 aromatic rings. The number of hydrogen-bond donors (Lipinski definition) is 4. The molecule has 0 unspecified atom stereocenters. The molecule has 6 rings (SSSR count). The van der Waals surface area contributed by atoms with Gasteiger partial charge in [-0.1, -0.05) is 24.3 Å². The standard InChI is InChI=1S/C34H42N8O3/c1-40-13-15-41(16-14-40)31-19-26(11-12-37-31)25-4-2-3-23(17-25)18-29(36)34(45)42(33(44)24-7-5-22(21-35)6-8-24)27-9-10-28-30(20-27)38-39-32(28)43/h2-4,9-12,17,19-20,22,24,29H,5-8,13-16,18,21,35-36H2,1H3,(H2,38,39,43)/t22?,24?,29-/m0/s1. The number of aromatic amines is 2. The van der Waals surface area contributed by atoms with Gasteiger partial charge in [-0.25, -0.2) is 9.88 Å². The SMILES string of the molecule is CN1CCN(c2cc(-c3cccc(C[C@H](N)C(=O)N(C(=O)C4CCC(CN)CC4)c4ccc5c(=O)[nH][nH]c5c4)c3)ccn2)CC1. The van der Waals surface area contributed by atoms with Crippen LogP contribution in [0.4, 0.5) is 11.5 Å². The molecule has 0 radical (unpaired) electrons. The molecular weight excluding hydrogens is 568 g/mol. The van der Waals surface area contributed by atoms with Gasteiger partial charge in [0.15, 0.2) is 0 Å². The average Bonchev–Trinajstić information content (AvgIpc) is 3.45. The zero-order valence-corrected chi connectivity index (χ0v) is 25.7. The van der Waals surface area contributed by atoms with Crippen LogP contribution in [0.15, 0.2) is 65.6 Å². The Morgan fingerprint density at radius 3 is 2.49 bits per heavy atom. The topological polar surface area (TPSA) is 157 Å². The van der Waals surface area contributed by atoms with Gasteiger partial charge in [-0.05, 0) is 98.6 Å². The predicted molar refractivity (Wildman–Crippen MR) is 177 cm³/mol. The number of nitrogens with two attached hydrogens (primary N) is 2. The van der Waals surface area contributed by atoms with Crippen LogP contribution < -0.4 is 26.8 Å². The zero-order valence-electron chi connectivity index (χ0n) is 25.7. The second-order valence-corrected chi connectivity index (χ2v) is 12.5. The summed E-state index contributed by atoms with van der Waals surface area (Å²) < 4.78 is 0. The fraction of sp³-hybridized carbons (Fsp3) is 0.412. The molecule has 11 heteroatoms. The van der Waals surface area contributed by atoms with Crippen LogP contribution in [0.3, 0.4) is 0 Å². The van der Waals surface area contributed by atoms with Gasteiger partial charge in [0.1, 0.15) is 5.82 Å². The molecule has 11 nitrogen and oxygen atoms in total. The van der Waals surface area contributed by atoms with E-state index < -0.39 is 11.9 Å². The summed E-state index contributed by atoms with van der Waals surface area (Å²) in [5.41, 5.74) is 16.1. The predicted octanol–water partition coefficient (Wildman–Crippen LogP) is 2.86. The molecule has 2 aromatic heterocycles. The zero-order chi connectivity index (χ0) is 31.5. The number of pyridine rings is 1. The van der Waals surface area contributed by atoms with Crippen molar-refractivity contribution in [2.24, 2.45) is 23.3 Å². The number of carbonyl (C=O) groups excluding carboxylic acids is 2. The number of rotatable bonds is 8. The number of likely N-dealkylation sites (N-methyl/N-ethyl adjacent to an activating group) is 1. The molecule has 1 atom stereocenters. The molecule has 45 heavy (non-hydrogen) atoms. The molecule has 1 aliphatic heterocycles. The lowest BCUT2D eigenvalue weighted by Gasteiger charge is -2.33. The molecule has 2 fully saturated rings. The Morgan fingerprint density at radius 2 is 1.73 bits per heavy atom. The molecular formula is C34H42N8O3. The second kappa shape index (κ2) is 13.4. The third-order valence-corrected chi connectivity index (χ3v) is 9.39. The summed E-state index contributed by atoms with van der Waals surface area (Å²) in [4.78, 5) is 50.6. The van der Waals surface area contributed by atoms with Gasteiger partial charge in [-0.2, -0.15) is 0 Å². The number of aromatic nitrogens is 3. The second-order valence-electron chi connectivity index (χ2n) is 12.5. The van der Waals surface area contributed by atoms with Gasteiger partial charge in [0.05, 0.1) is 22.6 Å². The highest BCUT2D eigenvalue weighted by Gasteiger charge is 2.35. The molecule has 3 heterocycles. The summed E-state index contributed by atoms with van der Waals surface area (Å²) in [6.07, 6.45) is 5.15. The van der Waals surface area contributed by atoms with E-state index >= 15 is 0 Å². The van der Waals surface area contributed by atoms with E-state index in [1.54, 1.807) is 18.2 Å². The molecule has 236 valence electrons. The number of carbonyl (C=O) groups is 2. The number of anilines is 2. The van der Waals surface area contributed by atoms with Crippen LogP contribution in [0.1, 0.15) is 31.2 Å². The fourth-order valence-electron chi connectivity index (χ4n) is 6.55. The maximum absolute atomic E-state index is 14.1. The molecule has 1 aliphatic carbocycles. The third kappa shape index (κ3) is 6.70. The van der Waals surface area contributed by atoms with E-state index in [9.17, 15) is 14.4 Å². The van der Waals surface area contributed by atoms with Crippen molar-refractivity contribution in [3.05, 3.63) is 76.7 Å². The monoisotopic (exact) mass is 610 g/mol. The summed E-state index contributed by atoms with van der Waals surface area (Å²) in [6, 6.07) is 16.1. The highest BCUT2D eigenvalue weighted by Crippen LogP contribution is 2.32. The van der Waals surface area contributed by atoms with Crippen molar-refractivity contribution in [1.29, 1.82) is 0 Å². The minimum Gasteiger partial charge on any atom is -0.354 e. The van der Waals surface area contributed by atoms with Gasteiger partial charge in [-0.3, -0.25) is 24.6 Å². The first kappa shape index (κ1) is 30.7. The van der Waals surface area contributed by atoms with E-state index in [4.69, 9.17) is 11.5 Å². The lowest BCUT2D eigenvalue weighted by Crippen LogP contribution is -2.50. The Morgan fingerprint density at radius 1 is 0.978 bits per heavy atom. The van der Waals surface area contributed by atoms with Crippen molar-refractivity contribution in [1.82, 2.24) is 20.1 Å².